The molecule has 10 nitrogen and oxygen atoms in total. The molecular formula is C11H13N3O7. The van der Waals surface area contributed by atoms with Crippen LogP contribution in [0.1, 0.15) is 6.23 Å². The Labute approximate surface area is 117 Å². The quantitative estimate of drug-likeness (QED) is 0.461. The minimum absolute atomic E-state index is 0.224. The molecule has 1 aliphatic rings. The summed E-state index contributed by atoms with van der Waals surface area (Å²) < 4.78 is 10.7. The summed E-state index contributed by atoms with van der Waals surface area (Å²) in [7, 11) is 1.20. The van der Waals surface area contributed by atoms with E-state index in [0.717, 1.165) is 10.8 Å². The van der Waals surface area contributed by atoms with Crippen LogP contribution in [-0.2, 0) is 4.74 Å². The molecule has 114 valence electrons. The van der Waals surface area contributed by atoms with Crippen molar-refractivity contribution in [1.29, 1.82) is 5.26 Å². The number of nitriles is 1. The highest BCUT2D eigenvalue weighted by Gasteiger charge is 2.55. The first-order valence-electron chi connectivity index (χ1n) is 5.85. The van der Waals surface area contributed by atoms with Crippen LogP contribution in [0.4, 0.5) is 0 Å². The van der Waals surface area contributed by atoms with E-state index in [9.17, 15) is 24.9 Å². The zero-order valence-corrected chi connectivity index (χ0v) is 10.9. The van der Waals surface area contributed by atoms with Crippen LogP contribution in [-0.4, -0.2) is 56.4 Å². The molecule has 2 heterocycles. The van der Waals surface area contributed by atoms with Crippen molar-refractivity contribution in [3.05, 3.63) is 27.0 Å². The smallest absolute Gasteiger partial charge is 0.330 e. The van der Waals surface area contributed by atoms with E-state index in [2.05, 4.69) is 0 Å². The number of methoxy groups -OCH3 is 1. The predicted octanol–water partition coefficient (Wildman–Crippen LogP) is -2.95. The molecule has 1 aromatic rings. The molecule has 0 aliphatic carbocycles. The number of ether oxygens (including phenoxy) is 2. The number of aromatic nitrogens is 2. The van der Waals surface area contributed by atoms with Gasteiger partial charge in [-0.2, -0.15) is 5.26 Å². The number of H-pyrrole nitrogens is 1. The number of hydrogen-bond acceptors (Lipinski definition) is 8. The number of hydrogen-bond donors (Lipinski definition) is 4. The molecule has 1 fully saturated rings. The van der Waals surface area contributed by atoms with Crippen LogP contribution >= 0.6 is 0 Å². The van der Waals surface area contributed by atoms with E-state index in [1.165, 1.54) is 7.11 Å². The van der Waals surface area contributed by atoms with Gasteiger partial charge in [0, 0.05) is 0 Å². The maximum atomic E-state index is 11.8. The maximum absolute atomic E-state index is 11.8. The summed E-state index contributed by atoms with van der Waals surface area (Å²) in [5, 5.41) is 38.0. The van der Waals surface area contributed by atoms with Crippen molar-refractivity contribution in [2.45, 2.75) is 24.0 Å². The van der Waals surface area contributed by atoms with Crippen molar-refractivity contribution in [3.8, 4) is 11.8 Å². The summed E-state index contributed by atoms with van der Waals surface area (Å²) in [6, 6.07) is 1.57. The van der Waals surface area contributed by atoms with Crippen LogP contribution in [0.3, 0.4) is 0 Å². The van der Waals surface area contributed by atoms with E-state index >= 15 is 0 Å². The van der Waals surface area contributed by atoms with E-state index < -0.39 is 41.9 Å². The largest absolute Gasteiger partial charge is 0.490 e. The summed E-state index contributed by atoms with van der Waals surface area (Å²) in [6.07, 6.45) is -3.88. The SMILES string of the molecule is COc1cn([C@@H]2O[C@](C#N)(CO)C(O)[C@@H]2O)c(=O)[nH]c1=O. The molecule has 0 amide bonds. The highest BCUT2D eigenvalue weighted by Crippen LogP contribution is 2.36. The number of nitrogens with zero attached hydrogens (tertiary/aromatic N) is 2. The Balaban J connectivity index is 2.52. The van der Waals surface area contributed by atoms with E-state index in [4.69, 9.17) is 14.7 Å². The van der Waals surface area contributed by atoms with Gasteiger partial charge in [0.15, 0.2) is 6.23 Å². The van der Waals surface area contributed by atoms with Gasteiger partial charge >= 0.3 is 5.69 Å². The first-order valence-corrected chi connectivity index (χ1v) is 5.85. The van der Waals surface area contributed by atoms with Crippen molar-refractivity contribution in [1.82, 2.24) is 9.55 Å². The lowest BCUT2D eigenvalue weighted by Crippen LogP contribution is -2.45. The lowest BCUT2D eigenvalue weighted by molar-refractivity contribution is -0.0949. The third-order valence-electron chi connectivity index (χ3n) is 3.28. The summed E-state index contributed by atoms with van der Waals surface area (Å²) in [6.45, 7) is -0.881. The normalized spacial score (nSPS) is 31.9. The molecule has 4 N–H and O–H groups in total. The summed E-state index contributed by atoms with van der Waals surface area (Å²) in [5.41, 5.74) is -3.77. The topological polar surface area (TPSA) is 158 Å². The maximum Gasteiger partial charge on any atom is 0.330 e. The van der Waals surface area contributed by atoms with Crippen LogP contribution in [0.15, 0.2) is 15.8 Å². The molecule has 1 aromatic heterocycles. The Kier molecular flexibility index (Phi) is 3.84. The van der Waals surface area contributed by atoms with Gasteiger partial charge in [-0.15, -0.1) is 0 Å². The average molecular weight is 299 g/mol. The fourth-order valence-corrected chi connectivity index (χ4v) is 2.07. The molecule has 1 saturated heterocycles. The average Bonchev–Trinajstić information content (AvgIpc) is 2.73. The lowest BCUT2D eigenvalue weighted by Gasteiger charge is -2.21. The number of aliphatic hydroxyl groups is 3. The molecule has 21 heavy (non-hydrogen) atoms. The molecule has 0 radical (unpaired) electrons. The lowest BCUT2D eigenvalue weighted by atomic mass is 9.98. The summed E-state index contributed by atoms with van der Waals surface area (Å²) in [5.74, 6) is -0.224. The molecule has 0 spiro atoms. The van der Waals surface area contributed by atoms with Crippen molar-refractivity contribution in [2.24, 2.45) is 0 Å². The van der Waals surface area contributed by atoms with Gasteiger partial charge in [0.05, 0.1) is 19.9 Å². The fraction of sp³-hybridized carbons (Fsp3) is 0.545. The second-order valence-corrected chi connectivity index (χ2v) is 4.47. The van der Waals surface area contributed by atoms with Gasteiger partial charge in [0.25, 0.3) is 5.56 Å². The van der Waals surface area contributed by atoms with Gasteiger partial charge < -0.3 is 24.8 Å². The van der Waals surface area contributed by atoms with E-state index in [1.807, 2.05) is 4.98 Å². The van der Waals surface area contributed by atoms with Crippen LogP contribution in [0, 0.1) is 11.3 Å². The molecule has 0 aromatic carbocycles. The molecule has 1 aliphatic heterocycles. The molecule has 0 bridgehead atoms. The predicted molar refractivity (Wildman–Crippen MR) is 65.4 cm³/mol. The highest BCUT2D eigenvalue weighted by atomic mass is 16.6. The van der Waals surface area contributed by atoms with Crippen LogP contribution in [0.2, 0.25) is 0 Å². The van der Waals surface area contributed by atoms with E-state index in [-0.39, 0.29) is 5.75 Å². The Bertz CT molecular complexity index is 690. The van der Waals surface area contributed by atoms with Gasteiger partial charge in [-0.05, 0) is 0 Å². The van der Waals surface area contributed by atoms with Crippen molar-refractivity contribution >= 4 is 0 Å². The van der Waals surface area contributed by atoms with Crippen molar-refractivity contribution in [3.63, 3.8) is 0 Å². The molecule has 10 heteroatoms. The number of nitrogens with one attached hydrogen (secondary N) is 1. The monoisotopic (exact) mass is 299 g/mol. The Morgan fingerprint density at radius 2 is 2.24 bits per heavy atom. The molecule has 4 atom stereocenters. The third kappa shape index (κ3) is 2.22. The first kappa shape index (κ1) is 15.2. The van der Waals surface area contributed by atoms with E-state index in [1.54, 1.807) is 6.07 Å². The number of rotatable bonds is 3. The number of aromatic amines is 1. The number of aliphatic hydroxyl groups excluding tert-OH is 3. The second-order valence-electron chi connectivity index (χ2n) is 4.47. The summed E-state index contributed by atoms with van der Waals surface area (Å²) in [4.78, 5) is 25.1. The van der Waals surface area contributed by atoms with Gasteiger partial charge in [-0.3, -0.25) is 14.3 Å². The van der Waals surface area contributed by atoms with Gasteiger partial charge in [-0.25, -0.2) is 4.79 Å². The first-order chi connectivity index (χ1) is 9.90. The van der Waals surface area contributed by atoms with Crippen molar-refractivity contribution in [2.75, 3.05) is 13.7 Å². The molecular weight excluding hydrogens is 286 g/mol. The molecule has 2 rings (SSSR count). The van der Waals surface area contributed by atoms with Gasteiger partial charge in [0.1, 0.15) is 18.3 Å². The minimum atomic E-state index is -2.06. The fourth-order valence-electron chi connectivity index (χ4n) is 2.07. The molecule has 0 saturated carbocycles. The standard InChI is InChI=1S/C11H13N3O7/c1-20-5-2-14(10(19)13-8(5)18)9-6(16)7(17)11(3-12,4-15)21-9/h2,6-7,9,15-17H,4H2,1H3,(H,13,18,19)/t6-,7?,9+,11+/m0/s1. The zero-order chi connectivity index (χ0) is 15.8. The Hall–Kier alpha value is -2.19. The molecule has 1 unspecified atom stereocenters. The van der Waals surface area contributed by atoms with Crippen LogP contribution in [0.5, 0.6) is 5.75 Å². The van der Waals surface area contributed by atoms with Gasteiger partial charge in [0.2, 0.25) is 11.4 Å². The zero-order valence-electron chi connectivity index (χ0n) is 10.9. The Morgan fingerprint density at radius 1 is 1.57 bits per heavy atom. The van der Waals surface area contributed by atoms with Gasteiger partial charge in [-0.1, -0.05) is 0 Å². The van der Waals surface area contributed by atoms with E-state index in [0.29, 0.717) is 0 Å². The van der Waals surface area contributed by atoms with Crippen molar-refractivity contribution < 1.29 is 24.8 Å². The highest BCUT2D eigenvalue weighted by molar-refractivity contribution is 5.16. The Morgan fingerprint density at radius 3 is 2.71 bits per heavy atom. The summed E-state index contributed by atoms with van der Waals surface area (Å²) >= 11 is 0. The second kappa shape index (κ2) is 5.30. The van der Waals surface area contributed by atoms with Crippen LogP contribution in [0.25, 0.3) is 0 Å². The van der Waals surface area contributed by atoms with Crippen LogP contribution < -0.4 is 16.0 Å². The third-order valence-corrected chi connectivity index (χ3v) is 3.28. The minimum Gasteiger partial charge on any atom is -0.490 e.